The maximum Gasteiger partial charge on any atom is 0.267 e. The fourth-order valence-electron chi connectivity index (χ4n) is 3.89. The van der Waals surface area contributed by atoms with Crippen LogP contribution in [0.1, 0.15) is 22.8 Å². The molecule has 4 aromatic rings. The first-order valence-corrected chi connectivity index (χ1v) is 12.5. The Morgan fingerprint density at radius 3 is 2.44 bits per heavy atom. The number of nitrogens with zero attached hydrogens (tertiary/aromatic N) is 3. The van der Waals surface area contributed by atoms with E-state index in [1.165, 1.54) is 15.4 Å². The van der Waals surface area contributed by atoms with Gasteiger partial charge in [0.2, 0.25) is 0 Å². The van der Waals surface area contributed by atoms with E-state index in [-0.39, 0.29) is 29.4 Å². The molecule has 2 N–H and O–H groups in total. The fourth-order valence-corrected chi connectivity index (χ4v) is 5.12. The van der Waals surface area contributed by atoms with Crippen LogP contribution in [0.3, 0.4) is 0 Å². The summed E-state index contributed by atoms with van der Waals surface area (Å²) in [7, 11) is 0. The van der Waals surface area contributed by atoms with Gasteiger partial charge in [-0.3, -0.25) is 18.9 Å². The summed E-state index contributed by atoms with van der Waals surface area (Å²) in [6, 6.07) is 24.1. The summed E-state index contributed by atoms with van der Waals surface area (Å²) in [4.78, 5) is 33.1. The number of thioether (sulfide) groups is 1. The maximum absolute atomic E-state index is 13.4. The highest BCUT2D eigenvalue weighted by atomic mass is 32.2. The lowest BCUT2D eigenvalue weighted by atomic mass is 10.1. The molecular formula is C27H22N4O3S2. The normalized spacial score (nSPS) is 15.6. The van der Waals surface area contributed by atoms with E-state index in [0.717, 1.165) is 22.9 Å². The molecule has 1 aliphatic heterocycles. The van der Waals surface area contributed by atoms with Crippen LogP contribution in [-0.2, 0) is 11.3 Å². The number of aliphatic hydroxyl groups excluding tert-OH is 1. The van der Waals surface area contributed by atoms with Gasteiger partial charge in [-0.05, 0) is 29.3 Å². The van der Waals surface area contributed by atoms with Crippen LogP contribution in [0.25, 0.3) is 11.7 Å². The second-order valence-corrected chi connectivity index (χ2v) is 9.84. The van der Waals surface area contributed by atoms with Crippen LogP contribution in [0.5, 0.6) is 0 Å². The van der Waals surface area contributed by atoms with Gasteiger partial charge in [0.05, 0.1) is 23.1 Å². The van der Waals surface area contributed by atoms with E-state index in [1.54, 1.807) is 24.4 Å². The minimum atomic E-state index is -0.806. The van der Waals surface area contributed by atoms with E-state index in [0.29, 0.717) is 21.4 Å². The van der Waals surface area contributed by atoms with E-state index >= 15 is 0 Å². The molecule has 0 bridgehead atoms. The zero-order chi connectivity index (χ0) is 25.1. The Balaban J connectivity index is 1.48. The predicted molar refractivity (Wildman–Crippen MR) is 147 cm³/mol. The Morgan fingerprint density at radius 2 is 1.69 bits per heavy atom. The standard InChI is InChI=1S/C27H22N4O3S2/c32-21(19-11-5-2-6-12-19)16-28-24-20(25(33)30-14-8-7-13-23(30)29-24)15-22-26(34)31(27(35)36-22)17-18-9-3-1-4-10-18/h1-15,21,28,32H,16-17H2/b22-15-. The van der Waals surface area contributed by atoms with Gasteiger partial charge in [-0.2, -0.15) is 0 Å². The molecule has 180 valence electrons. The first-order valence-electron chi connectivity index (χ1n) is 11.3. The summed E-state index contributed by atoms with van der Waals surface area (Å²) in [6.45, 7) is 0.488. The van der Waals surface area contributed by atoms with Gasteiger partial charge in [0.1, 0.15) is 15.8 Å². The Labute approximate surface area is 217 Å². The van der Waals surface area contributed by atoms with Gasteiger partial charge >= 0.3 is 0 Å². The number of aromatic nitrogens is 2. The molecule has 1 unspecified atom stereocenters. The molecule has 2 aromatic carbocycles. The molecule has 1 fully saturated rings. The third-order valence-electron chi connectivity index (χ3n) is 5.75. The molecule has 0 spiro atoms. The van der Waals surface area contributed by atoms with Crippen molar-refractivity contribution in [1.82, 2.24) is 14.3 Å². The number of pyridine rings is 1. The van der Waals surface area contributed by atoms with Crippen molar-refractivity contribution < 1.29 is 9.90 Å². The molecule has 3 heterocycles. The van der Waals surface area contributed by atoms with E-state index < -0.39 is 6.10 Å². The van der Waals surface area contributed by atoms with Gasteiger partial charge < -0.3 is 10.4 Å². The highest BCUT2D eigenvalue weighted by Crippen LogP contribution is 2.34. The number of fused-ring (bicyclic) bond motifs is 1. The number of benzene rings is 2. The summed E-state index contributed by atoms with van der Waals surface area (Å²) in [5, 5.41) is 13.7. The summed E-state index contributed by atoms with van der Waals surface area (Å²) in [5.74, 6) is 0.0243. The maximum atomic E-state index is 13.4. The van der Waals surface area contributed by atoms with Crippen molar-refractivity contribution in [1.29, 1.82) is 0 Å². The number of rotatable bonds is 7. The van der Waals surface area contributed by atoms with E-state index in [4.69, 9.17) is 12.2 Å². The van der Waals surface area contributed by atoms with Crippen LogP contribution >= 0.6 is 24.0 Å². The third-order valence-corrected chi connectivity index (χ3v) is 7.13. The first kappa shape index (κ1) is 23.9. The molecule has 7 nitrogen and oxygen atoms in total. The fraction of sp³-hybridized carbons (Fsp3) is 0.111. The summed E-state index contributed by atoms with van der Waals surface area (Å²) < 4.78 is 1.85. The molecule has 2 aromatic heterocycles. The van der Waals surface area contributed by atoms with Crippen molar-refractivity contribution in [2.45, 2.75) is 12.6 Å². The monoisotopic (exact) mass is 514 g/mol. The van der Waals surface area contributed by atoms with Crippen LogP contribution in [0.4, 0.5) is 5.82 Å². The van der Waals surface area contributed by atoms with Gasteiger partial charge in [0.25, 0.3) is 11.5 Å². The van der Waals surface area contributed by atoms with E-state index in [1.807, 2.05) is 60.7 Å². The van der Waals surface area contributed by atoms with Crippen molar-refractivity contribution in [3.8, 4) is 0 Å². The van der Waals surface area contributed by atoms with E-state index in [2.05, 4.69) is 10.3 Å². The minimum absolute atomic E-state index is 0.134. The lowest BCUT2D eigenvalue weighted by Gasteiger charge is -2.15. The van der Waals surface area contributed by atoms with Gasteiger partial charge in [-0.1, -0.05) is 90.7 Å². The lowest BCUT2D eigenvalue weighted by molar-refractivity contribution is -0.122. The number of hydrogen-bond donors (Lipinski definition) is 2. The van der Waals surface area contributed by atoms with Crippen LogP contribution in [0.15, 0.2) is 94.8 Å². The lowest BCUT2D eigenvalue weighted by Crippen LogP contribution is -2.27. The molecule has 36 heavy (non-hydrogen) atoms. The average Bonchev–Trinajstić information content (AvgIpc) is 3.17. The van der Waals surface area contributed by atoms with Crippen LogP contribution in [0.2, 0.25) is 0 Å². The van der Waals surface area contributed by atoms with Crippen molar-refractivity contribution in [2.24, 2.45) is 0 Å². The van der Waals surface area contributed by atoms with Crippen molar-refractivity contribution >= 4 is 51.7 Å². The van der Waals surface area contributed by atoms with Crippen LogP contribution < -0.4 is 10.9 Å². The number of carbonyl (C=O) groups excluding carboxylic acids is 1. The Bertz CT molecular complexity index is 1520. The average molecular weight is 515 g/mol. The Hall–Kier alpha value is -3.79. The Morgan fingerprint density at radius 1 is 1.00 bits per heavy atom. The number of nitrogens with one attached hydrogen (secondary N) is 1. The van der Waals surface area contributed by atoms with Gasteiger partial charge in [0, 0.05) is 12.7 Å². The molecule has 1 amide bonds. The molecular weight excluding hydrogens is 492 g/mol. The first-order chi connectivity index (χ1) is 17.5. The summed E-state index contributed by atoms with van der Waals surface area (Å²) >= 11 is 6.63. The second kappa shape index (κ2) is 10.4. The van der Waals surface area contributed by atoms with Crippen LogP contribution in [0, 0.1) is 0 Å². The summed E-state index contributed by atoms with van der Waals surface area (Å²) in [6.07, 6.45) is 2.36. The molecule has 0 aliphatic carbocycles. The molecule has 1 saturated heterocycles. The zero-order valence-electron chi connectivity index (χ0n) is 19.1. The molecule has 0 radical (unpaired) electrons. The summed E-state index contributed by atoms with van der Waals surface area (Å²) in [5.41, 5.74) is 2.04. The highest BCUT2D eigenvalue weighted by Gasteiger charge is 2.32. The molecule has 1 aliphatic rings. The van der Waals surface area contributed by atoms with Gasteiger partial charge in [0.15, 0.2) is 0 Å². The molecule has 5 rings (SSSR count). The Kier molecular flexibility index (Phi) is 6.95. The smallest absolute Gasteiger partial charge is 0.267 e. The van der Waals surface area contributed by atoms with Crippen LogP contribution in [-0.4, -0.2) is 36.2 Å². The van der Waals surface area contributed by atoms with Crippen molar-refractivity contribution in [3.05, 3.63) is 117 Å². The third kappa shape index (κ3) is 4.94. The number of hydrogen-bond acceptors (Lipinski definition) is 7. The second-order valence-electron chi connectivity index (χ2n) is 8.17. The SMILES string of the molecule is O=C1/C(=C/c2c(NCC(O)c3ccccc3)nc3ccccn3c2=O)SC(=S)N1Cc1ccccc1. The molecule has 9 heteroatoms. The molecule has 1 atom stereocenters. The largest absolute Gasteiger partial charge is 0.387 e. The number of amides is 1. The van der Waals surface area contributed by atoms with Crippen molar-refractivity contribution in [3.63, 3.8) is 0 Å². The highest BCUT2D eigenvalue weighted by molar-refractivity contribution is 8.26. The topological polar surface area (TPSA) is 86.9 Å². The number of anilines is 1. The van der Waals surface area contributed by atoms with E-state index in [9.17, 15) is 14.7 Å². The number of thiocarbonyl (C=S) groups is 1. The quantitative estimate of drug-likeness (QED) is 0.282. The minimum Gasteiger partial charge on any atom is -0.387 e. The van der Waals surface area contributed by atoms with Gasteiger partial charge in [-0.25, -0.2) is 4.98 Å². The predicted octanol–water partition coefficient (Wildman–Crippen LogP) is 4.24. The van der Waals surface area contributed by atoms with Gasteiger partial charge in [-0.15, -0.1) is 0 Å². The zero-order valence-corrected chi connectivity index (χ0v) is 20.7. The molecule has 0 saturated carbocycles. The number of aliphatic hydroxyl groups is 1. The van der Waals surface area contributed by atoms with Crippen molar-refractivity contribution in [2.75, 3.05) is 11.9 Å². The number of carbonyl (C=O) groups is 1.